The molecule has 0 saturated heterocycles. The maximum absolute atomic E-state index is 7.50. The SMILES string of the molecule is CC(C)(C)c1ccc(N2c3ccc(C(C)(C)C)cc3B3c4oc5cc6ccc(C(C)(C)C)cc6cc5c4N(c4ccc5c(c4)C(C)(C)CCC5(C)C)c4cc(C(C)(C)C)cc2c43)cc1. The first-order chi connectivity index (χ1) is 29.7. The van der Waals surface area contributed by atoms with Crippen LogP contribution in [0.15, 0.2) is 108 Å². The molecule has 0 saturated carbocycles. The van der Waals surface area contributed by atoms with Crippen molar-refractivity contribution in [3.8, 4) is 0 Å². The van der Waals surface area contributed by atoms with Crippen LogP contribution in [0.2, 0.25) is 0 Å². The summed E-state index contributed by atoms with van der Waals surface area (Å²) in [4.78, 5) is 5.17. The van der Waals surface area contributed by atoms with Crippen molar-refractivity contribution >= 4 is 79.2 Å². The van der Waals surface area contributed by atoms with Crippen molar-refractivity contribution in [2.75, 3.05) is 9.80 Å². The van der Waals surface area contributed by atoms with Crippen LogP contribution in [0.1, 0.15) is 157 Å². The molecule has 3 nitrogen and oxygen atoms in total. The van der Waals surface area contributed by atoms with E-state index in [1.807, 2.05) is 0 Å². The van der Waals surface area contributed by atoms with Gasteiger partial charge in [0.1, 0.15) is 5.58 Å². The van der Waals surface area contributed by atoms with Gasteiger partial charge >= 0.3 is 0 Å². The van der Waals surface area contributed by atoms with Gasteiger partial charge in [-0.05, 0) is 155 Å². The van der Waals surface area contributed by atoms with Crippen LogP contribution in [0.25, 0.3) is 21.7 Å². The van der Waals surface area contributed by atoms with E-state index in [1.54, 1.807) is 0 Å². The lowest BCUT2D eigenvalue weighted by molar-refractivity contribution is 0.332. The molecule has 0 radical (unpaired) electrons. The number of fused-ring (bicyclic) bond motifs is 8. The van der Waals surface area contributed by atoms with Crippen LogP contribution < -0.4 is 26.4 Å². The summed E-state index contributed by atoms with van der Waals surface area (Å²) < 4.78 is 7.50. The summed E-state index contributed by atoms with van der Waals surface area (Å²) in [5.41, 5.74) is 20.0. The second-order valence-electron chi connectivity index (χ2n) is 25.1. The van der Waals surface area contributed by atoms with Gasteiger partial charge < -0.3 is 14.2 Å². The smallest absolute Gasteiger partial charge is 0.297 e. The minimum atomic E-state index is -0.124. The van der Waals surface area contributed by atoms with E-state index in [1.165, 1.54) is 89.9 Å². The summed E-state index contributed by atoms with van der Waals surface area (Å²) in [5.74, 6) is 0. The first-order valence-electron chi connectivity index (χ1n) is 23.9. The average Bonchev–Trinajstić information content (AvgIpc) is 3.57. The molecule has 1 aromatic heterocycles. The minimum Gasteiger partial charge on any atom is -0.468 e. The van der Waals surface area contributed by atoms with Gasteiger partial charge in [0.05, 0.1) is 11.3 Å². The molecule has 6 aromatic carbocycles. The fourth-order valence-corrected chi connectivity index (χ4v) is 11.0. The standard InChI is InChI=1S/C60H69BN2O/c1-55(2,3)38-19-22-42(23-20-38)62-48-26-21-40(57(7,8)9)32-47(48)61-52-49(62)33-41(58(10,11)12)34-50(52)63(43-24-25-45-46(35-43)60(15,16)28-27-59(45,13)14)53-44-30-37-29-39(56(4,5)6)18-17-36(37)31-51(44)64-54(53)61/h17-26,29-35H,27-28H2,1-16H3. The van der Waals surface area contributed by atoms with Gasteiger partial charge in [-0.25, -0.2) is 0 Å². The summed E-state index contributed by atoms with van der Waals surface area (Å²) in [5, 5.41) is 3.61. The van der Waals surface area contributed by atoms with Gasteiger partial charge in [-0.2, -0.15) is 0 Å². The Balaban J connectivity index is 1.35. The largest absolute Gasteiger partial charge is 0.468 e. The lowest BCUT2D eigenvalue weighted by Crippen LogP contribution is -2.61. The molecule has 0 spiro atoms. The Labute approximate surface area is 384 Å². The van der Waals surface area contributed by atoms with E-state index in [9.17, 15) is 0 Å². The topological polar surface area (TPSA) is 19.6 Å². The maximum atomic E-state index is 7.50. The van der Waals surface area contributed by atoms with Crippen molar-refractivity contribution in [1.82, 2.24) is 0 Å². The molecule has 0 unspecified atom stereocenters. The number of benzene rings is 6. The minimum absolute atomic E-state index is 0.0307. The summed E-state index contributed by atoms with van der Waals surface area (Å²) in [7, 11) is 0. The molecule has 7 aromatic rings. The highest BCUT2D eigenvalue weighted by Gasteiger charge is 2.48. The monoisotopic (exact) mass is 845 g/mol. The third kappa shape index (κ3) is 6.67. The van der Waals surface area contributed by atoms with Crippen molar-refractivity contribution in [2.24, 2.45) is 0 Å². The Kier molecular flexibility index (Phi) is 9.12. The fraction of sp³-hybridized carbons (Fsp3) is 0.400. The summed E-state index contributed by atoms with van der Waals surface area (Å²) in [6, 6.07) is 40.8. The molecule has 0 N–H and O–H groups in total. The molecular formula is C60H69BN2O. The molecule has 2 aliphatic heterocycles. The number of anilines is 6. The van der Waals surface area contributed by atoms with Crippen LogP contribution in [-0.4, -0.2) is 6.71 Å². The first kappa shape index (κ1) is 42.7. The third-order valence-electron chi connectivity index (χ3n) is 15.3. The van der Waals surface area contributed by atoms with Gasteiger partial charge in [-0.15, -0.1) is 0 Å². The van der Waals surface area contributed by atoms with Gasteiger partial charge in [0.2, 0.25) is 0 Å². The molecule has 3 heterocycles. The Morgan fingerprint density at radius 2 is 1.02 bits per heavy atom. The second kappa shape index (κ2) is 13.7. The molecule has 10 rings (SSSR count). The molecule has 0 fully saturated rings. The third-order valence-corrected chi connectivity index (χ3v) is 15.3. The number of furan rings is 1. The molecule has 0 atom stereocenters. The molecule has 0 amide bonds. The van der Waals surface area contributed by atoms with E-state index in [2.05, 4.69) is 224 Å². The van der Waals surface area contributed by atoms with Crippen molar-refractivity contribution in [2.45, 2.75) is 156 Å². The normalized spacial score (nSPS) is 16.8. The number of hydrogen-bond acceptors (Lipinski definition) is 3. The van der Waals surface area contributed by atoms with E-state index in [-0.39, 0.29) is 39.2 Å². The molecule has 0 bridgehead atoms. The van der Waals surface area contributed by atoms with Crippen LogP contribution >= 0.6 is 0 Å². The van der Waals surface area contributed by atoms with Crippen LogP contribution in [0, 0.1) is 0 Å². The summed E-state index contributed by atoms with van der Waals surface area (Å²) in [6.45, 7) is 37.6. The maximum Gasteiger partial charge on any atom is 0.297 e. The highest BCUT2D eigenvalue weighted by atomic mass is 16.3. The van der Waals surface area contributed by atoms with Gasteiger partial charge in [0, 0.05) is 33.8 Å². The van der Waals surface area contributed by atoms with E-state index < -0.39 is 0 Å². The van der Waals surface area contributed by atoms with Crippen molar-refractivity contribution in [1.29, 1.82) is 0 Å². The molecular weight excluding hydrogens is 775 g/mol. The zero-order chi connectivity index (χ0) is 45.8. The quantitative estimate of drug-likeness (QED) is 0.162. The van der Waals surface area contributed by atoms with Crippen molar-refractivity contribution in [3.63, 3.8) is 0 Å². The number of hydrogen-bond donors (Lipinski definition) is 0. The highest BCUT2D eigenvalue weighted by molar-refractivity contribution is 7.00. The molecule has 64 heavy (non-hydrogen) atoms. The zero-order valence-electron chi connectivity index (χ0n) is 41.6. The summed E-state index contributed by atoms with van der Waals surface area (Å²) in [6.07, 6.45) is 2.34. The van der Waals surface area contributed by atoms with Crippen molar-refractivity contribution < 1.29 is 4.42 Å². The van der Waals surface area contributed by atoms with Crippen LogP contribution in [-0.2, 0) is 32.5 Å². The molecule has 1 aliphatic carbocycles. The molecule has 3 aliphatic rings. The van der Waals surface area contributed by atoms with E-state index in [0.717, 1.165) is 28.7 Å². The molecule has 328 valence electrons. The van der Waals surface area contributed by atoms with Crippen LogP contribution in [0.3, 0.4) is 0 Å². The Morgan fingerprint density at radius 1 is 0.469 bits per heavy atom. The number of rotatable bonds is 2. The average molecular weight is 845 g/mol. The van der Waals surface area contributed by atoms with Gasteiger partial charge in [-0.1, -0.05) is 159 Å². The van der Waals surface area contributed by atoms with Gasteiger partial charge in [0.15, 0.2) is 0 Å². The van der Waals surface area contributed by atoms with E-state index in [4.69, 9.17) is 4.42 Å². The predicted molar refractivity (Wildman–Crippen MR) is 278 cm³/mol. The first-order valence-corrected chi connectivity index (χ1v) is 23.9. The zero-order valence-corrected chi connectivity index (χ0v) is 41.6. The predicted octanol–water partition coefficient (Wildman–Crippen LogP) is 15.2. The lowest BCUT2D eigenvalue weighted by atomic mass is 9.35. The van der Waals surface area contributed by atoms with E-state index >= 15 is 0 Å². The van der Waals surface area contributed by atoms with Gasteiger partial charge in [0.25, 0.3) is 6.71 Å². The number of nitrogens with zero attached hydrogens (tertiary/aromatic N) is 2. The highest BCUT2D eigenvalue weighted by Crippen LogP contribution is 2.52. The van der Waals surface area contributed by atoms with E-state index in [0.29, 0.717) is 0 Å². The second-order valence-corrected chi connectivity index (χ2v) is 25.1. The lowest BCUT2D eigenvalue weighted by Gasteiger charge is -2.45. The van der Waals surface area contributed by atoms with Crippen LogP contribution in [0.4, 0.5) is 34.1 Å². The Bertz CT molecular complexity index is 3040. The Hall–Kier alpha value is -5.22. The van der Waals surface area contributed by atoms with Gasteiger partial charge in [-0.3, -0.25) is 0 Å². The molecule has 4 heteroatoms. The Morgan fingerprint density at radius 3 is 1.64 bits per heavy atom. The fourth-order valence-electron chi connectivity index (χ4n) is 11.0. The van der Waals surface area contributed by atoms with Crippen LogP contribution in [0.5, 0.6) is 0 Å². The summed E-state index contributed by atoms with van der Waals surface area (Å²) >= 11 is 0. The van der Waals surface area contributed by atoms with Crippen molar-refractivity contribution in [3.05, 3.63) is 137 Å².